The Kier molecular flexibility index (Phi) is 18.0. The van der Waals surface area contributed by atoms with Gasteiger partial charge in [0.25, 0.3) is 0 Å². The summed E-state index contributed by atoms with van der Waals surface area (Å²) in [5, 5.41) is 0. The summed E-state index contributed by atoms with van der Waals surface area (Å²) < 4.78 is 114. The third-order valence-electron chi connectivity index (χ3n) is 7.26. The Morgan fingerprint density at radius 3 is 1.35 bits per heavy atom. The third-order valence-corrected chi connectivity index (χ3v) is 7.26. The van der Waals surface area contributed by atoms with Crippen LogP contribution in [0.3, 0.4) is 0 Å². The van der Waals surface area contributed by atoms with E-state index in [1.807, 2.05) is 0 Å². The number of ether oxygens (including phenoxy) is 2. The number of carbonyl (C=O) groups is 2. The van der Waals surface area contributed by atoms with Gasteiger partial charge in [0, 0.05) is 0 Å². The quantitative estimate of drug-likeness (QED) is 0.0481. The molecule has 238 valence electrons. The van der Waals surface area contributed by atoms with E-state index in [4.69, 9.17) is 4.74 Å². The van der Waals surface area contributed by atoms with E-state index in [9.17, 15) is 44.7 Å². The number of carbonyl (C=O) groups excluding carboxylic acids is 2. The van der Waals surface area contributed by atoms with Gasteiger partial charge in [0.05, 0.1) is 6.61 Å². The first kappa shape index (κ1) is 38.4. The van der Waals surface area contributed by atoms with Crippen molar-refractivity contribution in [2.45, 2.75) is 148 Å². The van der Waals surface area contributed by atoms with Crippen LogP contribution in [0.1, 0.15) is 124 Å². The lowest BCUT2D eigenvalue weighted by atomic mass is 9.82. The topological polar surface area (TPSA) is 52.6 Å². The van der Waals surface area contributed by atoms with Gasteiger partial charge in [0.15, 0.2) is 12.0 Å². The van der Waals surface area contributed by atoms with Gasteiger partial charge in [0.2, 0.25) is 0 Å². The van der Waals surface area contributed by atoms with Crippen LogP contribution in [0.4, 0.5) is 35.1 Å². The number of halogens is 8. The molecule has 0 saturated carbocycles. The minimum atomic E-state index is -6.51. The van der Waals surface area contributed by atoms with E-state index >= 15 is 0 Å². The maximum Gasteiger partial charge on any atom is 0.381 e. The van der Waals surface area contributed by atoms with Gasteiger partial charge in [-0.15, -0.1) is 0 Å². The van der Waals surface area contributed by atoms with E-state index in [0.29, 0.717) is 6.42 Å². The van der Waals surface area contributed by atoms with Crippen molar-refractivity contribution in [2.24, 2.45) is 5.41 Å². The van der Waals surface area contributed by atoms with E-state index < -0.39 is 48.2 Å². The summed E-state index contributed by atoms with van der Waals surface area (Å²) in [6, 6.07) is 0. The van der Waals surface area contributed by atoms with Gasteiger partial charge < -0.3 is 9.47 Å². The van der Waals surface area contributed by atoms with Gasteiger partial charge in [-0.1, -0.05) is 104 Å². The molecule has 0 rings (SSSR count). The highest BCUT2D eigenvalue weighted by atomic mass is 19.4. The summed E-state index contributed by atoms with van der Waals surface area (Å²) in [4.78, 5) is 25.0. The number of hydrogen-bond donors (Lipinski definition) is 0. The molecule has 0 unspecified atom stereocenters. The maximum absolute atomic E-state index is 13.8. The summed E-state index contributed by atoms with van der Waals surface area (Å²) in [6.07, 6.45) is 9.87. The molecule has 0 heterocycles. The second-order valence-electron chi connectivity index (χ2n) is 10.3. The molecule has 0 radical (unpaired) electrons. The second kappa shape index (κ2) is 18.7. The van der Waals surface area contributed by atoms with Crippen molar-refractivity contribution >= 4 is 11.9 Å². The largest absolute Gasteiger partial charge is 0.465 e. The summed E-state index contributed by atoms with van der Waals surface area (Å²) in [5.74, 6) is -21.5. The van der Waals surface area contributed by atoms with E-state index in [-0.39, 0.29) is 19.4 Å². The van der Waals surface area contributed by atoms with Crippen molar-refractivity contribution in [3.05, 3.63) is 0 Å². The van der Waals surface area contributed by atoms with Gasteiger partial charge in [0.1, 0.15) is 0 Å². The average molecular weight is 599 g/mol. The van der Waals surface area contributed by atoms with Gasteiger partial charge in [-0.3, -0.25) is 9.59 Å². The Morgan fingerprint density at radius 1 is 0.600 bits per heavy atom. The molecule has 0 aliphatic heterocycles. The first-order valence-electron chi connectivity index (χ1n) is 14.4. The minimum absolute atomic E-state index is 0.0687. The molecule has 0 saturated heterocycles. The van der Waals surface area contributed by atoms with Crippen LogP contribution < -0.4 is 0 Å². The fourth-order valence-corrected chi connectivity index (χ4v) is 4.28. The Hall–Kier alpha value is -1.62. The van der Waals surface area contributed by atoms with E-state index in [1.54, 1.807) is 0 Å². The van der Waals surface area contributed by atoms with Crippen molar-refractivity contribution in [3.63, 3.8) is 0 Å². The van der Waals surface area contributed by atoms with Crippen LogP contribution in [0, 0.1) is 5.41 Å². The summed E-state index contributed by atoms with van der Waals surface area (Å²) in [5.41, 5.74) is -2.13. The zero-order chi connectivity index (χ0) is 30.9. The van der Waals surface area contributed by atoms with E-state index in [0.717, 1.165) is 32.1 Å². The lowest BCUT2D eigenvalue weighted by Gasteiger charge is -2.33. The molecule has 0 aliphatic rings. The normalized spacial score (nSPS) is 13.1. The van der Waals surface area contributed by atoms with Crippen molar-refractivity contribution in [3.8, 4) is 0 Å². The Morgan fingerprint density at radius 2 is 0.975 bits per heavy atom. The van der Waals surface area contributed by atoms with Crippen LogP contribution >= 0.6 is 0 Å². The molecular formula is C28H46F8O4. The summed E-state index contributed by atoms with van der Waals surface area (Å²) in [7, 11) is 0. The Labute approximate surface area is 232 Å². The smallest absolute Gasteiger partial charge is 0.381 e. The molecule has 0 aromatic carbocycles. The molecule has 0 fully saturated rings. The van der Waals surface area contributed by atoms with E-state index in [1.165, 1.54) is 65.2 Å². The number of rotatable bonds is 24. The summed E-state index contributed by atoms with van der Waals surface area (Å²) in [6.45, 7) is 2.17. The fourth-order valence-electron chi connectivity index (χ4n) is 4.28. The monoisotopic (exact) mass is 598 g/mol. The van der Waals surface area contributed by atoms with Crippen LogP contribution in [0.2, 0.25) is 0 Å². The predicted molar refractivity (Wildman–Crippen MR) is 136 cm³/mol. The number of alkyl halides is 8. The van der Waals surface area contributed by atoms with Crippen LogP contribution in [0.5, 0.6) is 0 Å². The molecule has 0 spiro atoms. The first-order chi connectivity index (χ1) is 18.7. The van der Waals surface area contributed by atoms with Gasteiger partial charge in [-0.2, -0.15) is 26.3 Å². The number of hydrogen-bond acceptors (Lipinski definition) is 4. The van der Waals surface area contributed by atoms with Crippen molar-refractivity contribution < 1.29 is 54.2 Å². The van der Waals surface area contributed by atoms with Crippen LogP contribution in [0.15, 0.2) is 0 Å². The predicted octanol–water partition coefficient (Wildman–Crippen LogP) is 9.53. The molecule has 0 amide bonds. The SMILES string of the molecule is CCCCCCCCCCCCCCCCOC(=O)C(CC)(CC)C(=O)OCC(F)(F)C(F)(F)C(F)(F)C(F)F. The van der Waals surface area contributed by atoms with Crippen LogP contribution in [0.25, 0.3) is 0 Å². The first-order valence-corrected chi connectivity index (χ1v) is 14.4. The van der Waals surface area contributed by atoms with Crippen LogP contribution in [-0.2, 0) is 19.1 Å². The van der Waals surface area contributed by atoms with E-state index in [2.05, 4.69) is 11.7 Å². The van der Waals surface area contributed by atoms with Crippen molar-refractivity contribution in [1.82, 2.24) is 0 Å². The Balaban J connectivity index is 4.49. The van der Waals surface area contributed by atoms with Crippen LogP contribution in [-0.4, -0.2) is 49.3 Å². The molecule has 0 N–H and O–H groups in total. The average Bonchev–Trinajstić information content (AvgIpc) is 2.90. The lowest BCUT2D eigenvalue weighted by Crippen LogP contribution is -2.59. The van der Waals surface area contributed by atoms with Gasteiger partial charge in [-0.25, -0.2) is 8.78 Å². The highest BCUT2D eigenvalue weighted by Gasteiger charge is 2.75. The molecule has 0 aliphatic carbocycles. The lowest BCUT2D eigenvalue weighted by molar-refractivity contribution is -0.344. The molecule has 0 bridgehead atoms. The highest BCUT2D eigenvalue weighted by Crippen LogP contribution is 2.48. The maximum atomic E-state index is 13.8. The number of esters is 2. The molecule has 4 nitrogen and oxygen atoms in total. The van der Waals surface area contributed by atoms with Gasteiger partial charge in [-0.05, 0) is 19.3 Å². The third kappa shape index (κ3) is 11.3. The molecule has 0 aromatic rings. The second-order valence-corrected chi connectivity index (χ2v) is 10.3. The minimum Gasteiger partial charge on any atom is -0.465 e. The molecule has 0 aromatic heterocycles. The number of unbranched alkanes of at least 4 members (excludes halogenated alkanes) is 13. The standard InChI is InChI=1S/C28H46F8O4/c1-4-7-8-9-10-11-12-13-14-15-16-17-18-19-20-39-23(37)25(5-2,6-3)24(38)40-21-26(31,32)28(35,36)27(33,34)22(29)30/h22H,4-21H2,1-3H3. The molecule has 40 heavy (non-hydrogen) atoms. The van der Waals surface area contributed by atoms with Crippen molar-refractivity contribution in [2.75, 3.05) is 13.2 Å². The van der Waals surface area contributed by atoms with Gasteiger partial charge >= 0.3 is 36.1 Å². The van der Waals surface area contributed by atoms with Crippen molar-refractivity contribution in [1.29, 1.82) is 0 Å². The Bertz CT molecular complexity index is 712. The fraction of sp³-hybridized carbons (Fsp3) is 0.929. The highest BCUT2D eigenvalue weighted by molar-refractivity contribution is 6.00. The molecule has 12 heteroatoms. The zero-order valence-electron chi connectivity index (χ0n) is 24.0. The zero-order valence-corrected chi connectivity index (χ0v) is 24.0. The molecular weight excluding hydrogens is 552 g/mol. The molecule has 0 atom stereocenters. The summed E-state index contributed by atoms with van der Waals surface area (Å²) >= 11 is 0.